The lowest BCUT2D eigenvalue weighted by Gasteiger charge is -2.19. The predicted octanol–water partition coefficient (Wildman–Crippen LogP) is 3.84. The van der Waals surface area contributed by atoms with Gasteiger partial charge < -0.3 is 10.2 Å². The molecule has 2 rings (SSSR count). The van der Waals surface area contributed by atoms with Crippen molar-refractivity contribution in [2.45, 2.75) is 23.2 Å². The van der Waals surface area contributed by atoms with Crippen LogP contribution in [0.5, 0.6) is 0 Å². The van der Waals surface area contributed by atoms with E-state index in [1.165, 1.54) is 0 Å². The Morgan fingerprint density at radius 1 is 0.870 bits per heavy atom. The van der Waals surface area contributed by atoms with Crippen molar-refractivity contribution in [3.63, 3.8) is 0 Å². The minimum Gasteiger partial charge on any atom is -0.481 e. The van der Waals surface area contributed by atoms with Gasteiger partial charge in [0.05, 0.1) is 11.8 Å². The molecule has 2 N–H and O–H groups in total. The number of hydrogen-bond donors (Lipinski definition) is 2. The quantitative estimate of drug-likeness (QED) is 0.755. The maximum atomic E-state index is 11.6. The highest BCUT2D eigenvalue weighted by atomic mass is 32.2. The second-order valence-electron chi connectivity index (χ2n) is 5.20. The summed E-state index contributed by atoms with van der Waals surface area (Å²) in [6.45, 7) is 0. The van der Waals surface area contributed by atoms with Gasteiger partial charge in [0.2, 0.25) is 0 Å². The minimum atomic E-state index is -1.01. The molecule has 120 valence electrons. The van der Waals surface area contributed by atoms with Gasteiger partial charge in [0.25, 0.3) is 0 Å². The molecular formula is C18H18O4S. The van der Waals surface area contributed by atoms with Crippen molar-refractivity contribution < 1.29 is 19.8 Å². The van der Waals surface area contributed by atoms with E-state index in [9.17, 15) is 19.8 Å². The maximum absolute atomic E-state index is 11.6. The zero-order valence-electron chi connectivity index (χ0n) is 12.7. The third-order valence-corrected chi connectivity index (χ3v) is 4.53. The summed E-state index contributed by atoms with van der Waals surface area (Å²) in [5.74, 6) is -3.72. The largest absolute Gasteiger partial charge is 0.481 e. The van der Waals surface area contributed by atoms with Gasteiger partial charge in [-0.05, 0) is 35.9 Å². The highest BCUT2D eigenvalue weighted by molar-refractivity contribution is 7.98. The third kappa shape index (κ3) is 4.36. The fraction of sp³-hybridized carbons (Fsp3) is 0.222. The molecule has 0 aromatic heterocycles. The summed E-state index contributed by atoms with van der Waals surface area (Å²) in [6, 6.07) is 16.0. The molecule has 4 nitrogen and oxygen atoms in total. The molecule has 23 heavy (non-hydrogen) atoms. The van der Waals surface area contributed by atoms with Gasteiger partial charge >= 0.3 is 11.9 Å². The van der Waals surface area contributed by atoms with Crippen molar-refractivity contribution in [1.82, 2.24) is 0 Å². The molecule has 0 aliphatic rings. The van der Waals surface area contributed by atoms with Crippen LogP contribution in [0, 0.1) is 0 Å². The Balaban J connectivity index is 2.29. The summed E-state index contributed by atoms with van der Waals surface area (Å²) < 4.78 is 0. The van der Waals surface area contributed by atoms with Crippen LogP contribution in [0.15, 0.2) is 59.5 Å². The molecule has 2 atom stereocenters. The summed E-state index contributed by atoms with van der Waals surface area (Å²) in [4.78, 5) is 24.3. The Labute approximate surface area is 139 Å². The van der Waals surface area contributed by atoms with E-state index < -0.39 is 23.8 Å². The summed E-state index contributed by atoms with van der Waals surface area (Å²) in [6.07, 6.45) is 1.97. The third-order valence-electron chi connectivity index (χ3n) is 3.79. The predicted molar refractivity (Wildman–Crippen MR) is 90.0 cm³/mol. The summed E-state index contributed by atoms with van der Waals surface area (Å²) in [7, 11) is 0. The molecule has 5 heteroatoms. The number of aliphatic carboxylic acids is 2. The van der Waals surface area contributed by atoms with Gasteiger partial charge in [0, 0.05) is 4.90 Å². The fourth-order valence-electron chi connectivity index (χ4n) is 2.52. The first-order valence-corrected chi connectivity index (χ1v) is 8.40. The Morgan fingerprint density at radius 2 is 1.35 bits per heavy atom. The molecule has 0 spiro atoms. The summed E-state index contributed by atoms with van der Waals surface area (Å²) in [5, 5.41) is 19.0. The van der Waals surface area contributed by atoms with Gasteiger partial charge in [-0.1, -0.05) is 42.5 Å². The lowest BCUT2D eigenvalue weighted by atomic mass is 9.85. The van der Waals surface area contributed by atoms with Crippen molar-refractivity contribution in [1.29, 1.82) is 0 Å². The normalized spacial score (nSPS) is 13.3. The Hall–Kier alpha value is -2.27. The summed E-state index contributed by atoms with van der Waals surface area (Å²) >= 11 is 1.57. The van der Waals surface area contributed by atoms with E-state index in [0.717, 1.165) is 4.90 Å². The molecule has 0 aliphatic carbocycles. The molecule has 0 bridgehead atoms. The van der Waals surface area contributed by atoms with Gasteiger partial charge in [-0.2, -0.15) is 0 Å². The molecule has 0 saturated carbocycles. The van der Waals surface area contributed by atoms with E-state index in [2.05, 4.69) is 0 Å². The van der Waals surface area contributed by atoms with Gasteiger partial charge in [-0.15, -0.1) is 11.8 Å². The van der Waals surface area contributed by atoms with Gasteiger partial charge in [-0.3, -0.25) is 9.59 Å². The van der Waals surface area contributed by atoms with E-state index in [0.29, 0.717) is 11.1 Å². The minimum absolute atomic E-state index is 0.0211. The molecule has 0 radical (unpaired) electrons. The van der Waals surface area contributed by atoms with E-state index in [1.54, 1.807) is 54.2 Å². The second kappa shape index (κ2) is 7.83. The van der Waals surface area contributed by atoms with Gasteiger partial charge in [0.15, 0.2) is 0 Å². The molecule has 2 aromatic rings. The fourth-order valence-corrected chi connectivity index (χ4v) is 2.92. The van der Waals surface area contributed by atoms with Crippen molar-refractivity contribution >= 4 is 23.7 Å². The van der Waals surface area contributed by atoms with Gasteiger partial charge in [0.1, 0.15) is 0 Å². The number of benzene rings is 2. The Morgan fingerprint density at radius 3 is 1.78 bits per heavy atom. The van der Waals surface area contributed by atoms with Crippen LogP contribution in [0.2, 0.25) is 0 Å². The lowest BCUT2D eigenvalue weighted by Crippen LogP contribution is -2.20. The Kier molecular flexibility index (Phi) is 5.82. The number of carboxylic acids is 2. The van der Waals surface area contributed by atoms with E-state index in [4.69, 9.17) is 0 Å². The highest BCUT2D eigenvalue weighted by Gasteiger charge is 2.29. The van der Waals surface area contributed by atoms with Crippen molar-refractivity contribution in [2.24, 2.45) is 0 Å². The topological polar surface area (TPSA) is 74.6 Å². The van der Waals surface area contributed by atoms with Crippen molar-refractivity contribution in [3.05, 3.63) is 65.7 Å². The highest BCUT2D eigenvalue weighted by Crippen LogP contribution is 2.31. The Bertz CT molecular complexity index is 667. The van der Waals surface area contributed by atoms with E-state index >= 15 is 0 Å². The second-order valence-corrected chi connectivity index (χ2v) is 6.08. The number of rotatable bonds is 7. The van der Waals surface area contributed by atoms with Crippen LogP contribution >= 0.6 is 11.8 Å². The van der Waals surface area contributed by atoms with Crippen LogP contribution in [0.3, 0.4) is 0 Å². The SMILES string of the molecule is CSc1ccc(C(CC(C(=O)O)c2ccccc2)C(=O)O)cc1. The first-order chi connectivity index (χ1) is 11.0. The smallest absolute Gasteiger partial charge is 0.311 e. The number of hydrogen-bond acceptors (Lipinski definition) is 3. The number of carboxylic acid groups (broad SMARTS) is 2. The zero-order valence-corrected chi connectivity index (χ0v) is 13.5. The molecule has 0 fully saturated rings. The van der Waals surface area contributed by atoms with Crippen LogP contribution in [0.1, 0.15) is 29.4 Å². The molecule has 0 heterocycles. The molecular weight excluding hydrogens is 312 g/mol. The summed E-state index contributed by atoms with van der Waals surface area (Å²) in [5.41, 5.74) is 1.24. The molecule has 2 unspecified atom stereocenters. The first-order valence-electron chi connectivity index (χ1n) is 7.17. The molecule has 2 aromatic carbocycles. The van der Waals surface area contributed by atoms with Crippen LogP contribution in [0.4, 0.5) is 0 Å². The molecule has 0 saturated heterocycles. The average Bonchev–Trinajstić information content (AvgIpc) is 2.56. The average molecular weight is 330 g/mol. The monoisotopic (exact) mass is 330 g/mol. The lowest BCUT2D eigenvalue weighted by molar-refractivity contribution is -0.141. The molecule has 0 amide bonds. The van der Waals surface area contributed by atoms with Crippen molar-refractivity contribution in [3.8, 4) is 0 Å². The molecule has 0 aliphatic heterocycles. The first kappa shape index (κ1) is 17.1. The van der Waals surface area contributed by atoms with Gasteiger partial charge in [-0.25, -0.2) is 0 Å². The standard InChI is InChI=1S/C18H18O4S/c1-23-14-9-7-13(8-10-14)16(18(21)22)11-15(17(19)20)12-5-3-2-4-6-12/h2-10,15-16H,11H2,1H3,(H,19,20)(H,21,22). The van der Waals surface area contributed by atoms with Crippen LogP contribution in [-0.4, -0.2) is 28.4 Å². The van der Waals surface area contributed by atoms with Crippen molar-refractivity contribution in [2.75, 3.05) is 6.26 Å². The van der Waals surface area contributed by atoms with E-state index in [1.807, 2.05) is 18.4 Å². The number of carbonyl (C=O) groups is 2. The van der Waals surface area contributed by atoms with Crippen LogP contribution in [-0.2, 0) is 9.59 Å². The van der Waals surface area contributed by atoms with E-state index in [-0.39, 0.29) is 6.42 Å². The maximum Gasteiger partial charge on any atom is 0.311 e. The zero-order chi connectivity index (χ0) is 16.8. The van der Waals surface area contributed by atoms with Crippen LogP contribution in [0.25, 0.3) is 0 Å². The number of thioether (sulfide) groups is 1. The van der Waals surface area contributed by atoms with Crippen LogP contribution < -0.4 is 0 Å².